The summed E-state index contributed by atoms with van der Waals surface area (Å²) in [6.07, 6.45) is 1.00. The fraction of sp³-hybridized carbons (Fsp3) is 0.316. The number of hydrogen-bond donors (Lipinski definition) is 1. The second kappa shape index (κ2) is 7.34. The van der Waals surface area contributed by atoms with Crippen LogP contribution in [-0.4, -0.2) is 37.0 Å². The molecule has 1 heterocycles. The zero-order chi connectivity index (χ0) is 16.9. The summed E-state index contributed by atoms with van der Waals surface area (Å²) in [7, 11) is 0. The molecule has 0 spiro atoms. The zero-order valence-electron chi connectivity index (χ0n) is 13.6. The highest BCUT2D eigenvalue weighted by Gasteiger charge is 2.21. The number of anilines is 2. The van der Waals surface area contributed by atoms with Crippen molar-refractivity contribution in [2.24, 2.45) is 0 Å². The molecular formula is C19H22FN3O. The van der Waals surface area contributed by atoms with Crippen LogP contribution in [0.4, 0.5) is 15.8 Å². The molecular weight excluding hydrogens is 305 g/mol. The van der Waals surface area contributed by atoms with Crippen LogP contribution < -0.4 is 10.6 Å². The second-order valence-corrected chi connectivity index (χ2v) is 6.09. The fourth-order valence-electron chi connectivity index (χ4n) is 3.00. The van der Waals surface area contributed by atoms with Crippen LogP contribution >= 0.6 is 0 Å². The van der Waals surface area contributed by atoms with Gasteiger partial charge in [-0.2, -0.15) is 0 Å². The van der Waals surface area contributed by atoms with Gasteiger partial charge in [-0.3, -0.25) is 4.79 Å². The molecule has 0 bridgehead atoms. The largest absolute Gasteiger partial charge is 0.399 e. The number of piperazine rings is 1. The summed E-state index contributed by atoms with van der Waals surface area (Å²) in [5, 5.41) is 0. The molecule has 0 aliphatic carbocycles. The van der Waals surface area contributed by atoms with E-state index in [9.17, 15) is 9.18 Å². The van der Waals surface area contributed by atoms with Crippen LogP contribution in [-0.2, 0) is 11.2 Å². The van der Waals surface area contributed by atoms with E-state index in [0.29, 0.717) is 25.9 Å². The standard InChI is InChI=1S/C19H22FN3O/c20-16-3-1-2-15(14-16)4-9-19(24)23-12-10-22(11-13-23)18-7-5-17(21)6-8-18/h1-3,5-8,14H,4,9-13,21H2. The number of nitrogens with two attached hydrogens (primary N) is 1. The van der Waals surface area contributed by atoms with Crippen molar-refractivity contribution in [2.45, 2.75) is 12.8 Å². The Bertz CT molecular complexity index is 694. The monoisotopic (exact) mass is 327 g/mol. The average Bonchev–Trinajstić information content (AvgIpc) is 2.61. The van der Waals surface area contributed by atoms with Crippen molar-refractivity contribution in [2.75, 3.05) is 36.8 Å². The van der Waals surface area contributed by atoms with Crippen molar-refractivity contribution in [1.29, 1.82) is 0 Å². The van der Waals surface area contributed by atoms with E-state index in [0.717, 1.165) is 30.0 Å². The molecule has 2 aromatic carbocycles. The summed E-state index contributed by atoms with van der Waals surface area (Å²) in [5.74, 6) is -0.117. The van der Waals surface area contributed by atoms with Crippen LogP contribution in [0.3, 0.4) is 0 Å². The van der Waals surface area contributed by atoms with Crippen molar-refractivity contribution in [3.63, 3.8) is 0 Å². The van der Waals surface area contributed by atoms with Gasteiger partial charge in [0.05, 0.1) is 0 Å². The molecule has 1 saturated heterocycles. The zero-order valence-corrected chi connectivity index (χ0v) is 13.6. The minimum absolute atomic E-state index is 0.135. The molecule has 0 saturated carbocycles. The molecule has 1 aliphatic rings. The van der Waals surface area contributed by atoms with Gasteiger partial charge in [-0.05, 0) is 48.4 Å². The minimum Gasteiger partial charge on any atom is -0.399 e. The molecule has 2 aromatic rings. The summed E-state index contributed by atoms with van der Waals surface area (Å²) < 4.78 is 13.2. The number of carbonyl (C=O) groups is 1. The number of hydrogen-bond acceptors (Lipinski definition) is 3. The van der Waals surface area contributed by atoms with Crippen molar-refractivity contribution in [3.8, 4) is 0 Å². The van der Waals surface area contributed by atoms with Gasteiger partial charge < -0.3 is 15.5 Å². The molecule has 0 radical (unpaired) electrons. The van der Waals surface area contributed by atoms with E-state index in [4.69, 9.17) is 5.73 Å². The van der Waals surface area contributed by atoms with Crippen LogP contribution in [0.25, 0.3) is 0 Å². The van der Waals surface area contributed by atoms with Gasteiger partial charge >= 0.3 is 0 Å². The van der Waals surface area contributed by atoms with Gasteiger partial charge in [-0.15, -0.1) is 0 Å². The van der Waals surface area contributed by atoms with Crippen molar-refractivity contribution in [3.05, 3.63) is 59.9 Å². The fourth-order valence-corrected chi connectivity index (χ4v) is 3.00. The van der Waals surface area contributed by atoms with Crippen LogP contribution in [0.15, 0.2) is 48.5 Å². The molecule has 4 nitrogen and oxygen atoms in total. The van der Waals surface area contributed by atoms with Crippen molar-refractivity contribution < 1.29 is 9.18 Å². The lowest BCUT2D eigenvalue weighted by atomic mass is 10.1. The van der Waals surface area contributed by atoms with Gasteiger partial charge in [-0.25, -0.2) is 4.39 Å². The topological polar surface area (TPSA) is 49.6 Å². The maximum absolute atomic E-state index is 13.2. The first kappa shape index (κ1) is 16.3. The molecule has 1 amide bonds. The van der Waals surface area contributed by atoms with Crippen LogP contribution in [0.2, 0.25) is 0 Å². The second-order valence-electron chi connectivity index (χ2n) is 6.09. The first-order chi connectivity index (χ1) is 11.6. The smallest absolute Gasteiger partial charge is 0.223 e. The van der Waals surface area contributed by atoms with Crippen LogP contribution in [0.5, 0.6) is 0 Å². The highest BCUT2D eigenvalue weighted by Crippen LogP contribution is 2.18. The van der Waals surface area contributed by atoms with Crippen molar-refractivity contribution >= 4 is 17.3 Å². The summed E-state index contributed by atoms with van der Waals surface area (Å²) in [4.78, 5) is 16.5. The lowest BCUT2D eigenvalue weighted by Gasteiger charge is -2.36. The maximum Gasteiger partial charge on any atom is 0.223 e. The van der Waals surface area contributed by atoms with Crippen LogP contribution in [0.1, 0.15) is 12.0 Å². The lowest BCUT2D eigenvalue weighted by molar-refractivity contribution is -0.131. The summed E-state index contributed by atoms with van der Waals surface area (Å²) in [5.41, 5.74) is 8.47. The Hall–Kier alpha value is -2.56. The number of nitrogen functional groups attached to an aromatic ring is 1. The normalized spacial score (nSPS) is 14.7. The quantitative estimate of drug-likeness (QED) is 0.879. The van der Waals surface area contributed by atoms with E-state index in [1.807, 2.05) is 35.2 Å². The number of benzene rings is 2. The first-order valence-electron chi connectivity index (χ1n) is 8.24. The molecule has 1 aliphatic heterocycles. The maximum atomic E-state index is 13.2. The van der Waals surface area contributed by atoms with Gasteiger partial charge in [0.25, 0.3) is 0 Å². The molecule has 0 aromatic heterocycles. The van der Waals surface area contributed by atoms with Gasteiger partial charge in [0.15, 0.2) is 0 Å². The lowest BCUT2D eigenvalue weighted by Crippen LogP contribution is -2.48. The Balaban J connectivity index is 1.49. The summed E-state index contributed by atoms with van der Waals surface area (Å²) in [6, 6.07) is 14.3. The number of rotatable bonds is 4. The molecule has 2 N–H and O–H groups in total. The third-order valence-corrected chi connectivity index (χ3v) is 4.41. The van der Waals surface area contributed by atoms with E-state index in [1.165, 1.54) is 12.1 Å². The number of halogens is 1. The Morgan fingerprint density at radius 2 is 1.75 bits per heavy atom. The molecule has 1 fully saturated rings. The average molecular weight is 327 g/mol. The van der Waals surface area contributed by atoms with Gasteiger partial charge in [-0.1, -0.05) is 12.1 Å². The number of nitrogens with zero attached hydrogens (tertiary/aromatic N) is 2. The van der Waals surface area contributed by atoms with Crippen LogP contribution in [0, 0.1) is 5.82 Å². The Morgan fingerprint density at radius 3 is 2.42 bits per heavy atom. The Labute approximate surface area is 141 Å². The Kier molecular flexibility index (Phi) is 4.99. The molecule has 3 rings (SSSR count). The molecule has 0 atom stereocenters. The predicted octanol–water partition coefficient (Wildman–Crippen LogP) is 2.69. The predicted molar refractivity (Wildman–Crippen MR) is 94.4 cm³/mol. The van der Waals surface area contributed by atoms with Gasteiger partial charge in [0.2, 0.25) is 5.91 Å². The van der Waals surface area contributed by atoms with Gasteiger partial charge in [0.1, 0.15) is 5.82 Å². The summed E-state index contributed by atoms with van der Waals surface area (Å²) >= 11 is 0. The molecule has 126 valence electrons. The summed E-state index contributed by atoms with van der Waals surface area (Å²) in [6.45, 7) is 3.06. The molecule has 24 heavy (non-hydrogen) atoms. The SMILES string of the molecule is Nc1ccc(N2CCN(C(=O)CCc3cccc(F)c3)CC2)cc1. The number of amides is 1. The van der Waals surface area contributed by atoms with E-state index in [2.05, 4.69) is 4.90 Å². The number of carbonyl (C=O) groups excluding carboxylic acids is 1. The van der Waals surface area contributed by atoms with E-state index >= 15 is 0 Å². The van der Waals surface area contributed by atoms with Gasteiger partial charge in [0, 0.05) is 44.0 Å². The highest BCUT2D eigenvalue weighted by atomic mass is 19.1. The first-order valence-corrected chi connectivity index (χ1v) is 8.24. The minimum atomic E-state index is -0.253. The Morgan fingerprint density at radius 1 is 1.04 bits per heavy atom. The molecule has 0 unspecified atom stereocenters. The van der Waals surface area contributed by atoms with E-state index in [-0.39, 0.29) is 11.7 Å². The third kappa shape index (κ3) is 4.04. The molecule has 5 heteroatoms. The van der Waals surface area contributed by atoms with Crippen molar-refractivity contribution in [1.82, 2.24) is 4.90 Å². The third-order valence-electron chi connectivity index (χ3n) is 4.41. The highest BCUT2D eigenvalue weighted by molar-refractivity contribution is 5.76. The van der Waals surface area contributed by atoms with E-state index < -0.39 is 0 Å². The number of aryl methyl sites for hydroxylation is 1. The van der Waals surface area contributed by atoms with E-state index in [1.54, 1.807) is 6.07 Å².